The van der Waals surface area contributed by atoms with Crippen molar-refractivity contribution >= 4 is 0 Å². The van der Waals surface area contributed by atoms with Gasteiger partial charge in [-0.3, -0.25) is 0 Å². The first-order valence-corrected chi connectivity index (χ1v) is 4.47. The number of benzene rings is 1. The standard InChI is InChI=1S/C11H17NO/c1-8-4-5-9(6-10(8)13)11(2,3)7-12/h4-6,13H,7,12H2,1-3H3. The van der Waals surface area contributed by atoms with E-state index in [2.05, 4.69) is 13.8 Å². The van der Waals surface area contributed by atoms with E-state index in [-0.39, 0.29) is 5.41 Å². The highest BCUT2D eigenvalue weighted by Gasteiger charge is 2.18. The Balaban J connectivity index is 3.10. The molecule has 0 saturated heterocycles. The van der Waals surface area contributed by atoms with Crippen LogP contribution in [0, 0.1) is 6.92 Å². The van der Waals surface area contributed by atoms with Gasteiger partial charge in [-0.25, -0.2) is 0 Å². The molecule has 1 aromatic rings. The molecule has 13 heavy (non-hydrogen) atoms. The molecular weight excluding hydrogens is 162 g/mol. The minimum absolute atomic E-state index is 0.0643. The molecule has 0 aromatic heterocycles. The van der Waals surface area contributed by atoms with Gasteiger partial charge in [0, 0.05) is 12.0 Å². The van der Waals surface area contributed by atoms with E-state index in [1.807, 2.05) is 19.1 Å². The molecular formula is C11H17NO. The molecule has 2 nitrogen and oxygen atoms in total. The molecule has 1 rings (SSSR count). The second-order valence-electron chi connectivity index (χ2n) is 4.09. The van der Waals surface area contributed by atoms with Crippen LogP contribution in [0.2, 0.25) is 0 Å². The van der Waals surface area contributed by atoms with Crippen molar-refractivity contribution in [3.63, 3.8) is 0 Å². The van der Waals surface area contributed by atoms with Crippen molar-refractivity contribution in [2.45, 2.75) is 26.2 Å². The summed E-state index contributed by atoms with van der Waals surface area (Å²) in [5.74, 6) is 0.346. The summed E-state index contributed by atoms with van der Waals surface area (Å²) in [6, 6.07) is 5.73. The number of phenolic OH excluding ortho intramolecular Hbond substituents is 1. The third-order valence-corrected chi connectivity index (χ3v) is 2.50. The van der Waals surface area contributed by atoms with Crippen molar-refractivity contribution in [3.8, 4) is 5.75 Å². The van der Waals surface area contributed by atoms with E-state index >= 15 is 0 Å². The Hall–Kier alpha value is -1.02. The fourth-order valence-electron chi connectivity index (χ4n) is 1.15. The maximum Gasteiger partial charge on any atom is 0.118 e. The Morgan fingerprint density at radius 2 is 2.00 bits per heavy atom. The molecule has 0 bridgehead atoms. The van der Waals surface area contributed by atoms with Gasteiger partial charge in [0.25, 0.3) is 0 Å². The molecule has 2 heteroatoms. The summed E-state index contributed by atoms with van der Waals surface area (Å²) in [5.41, 5.74) is 7.56. The van der Waals surface area contributed by atoms with Crippen LogP contribution < -0.4 is 5.73 Å². The van der Waals surface area contributed by atoms with Crippen LogP contribution in [0.5, 0.6) is 5.75 Å². The van der Waals surface area contributed by atoms with E-state index < -0.39 is 0 Å². The van der Waals surface area contributed by atoms with Gasteiger partial charge < -0.3 is 10.8 Å². The molecule has 0 spiro atoms. The van der Waals surface area contributed by atoms with Crippen LogP contribution in [0.4, 0.5) is 0 Å². The highest BCUT2D eigenvalue weighted by Crippen LogP contribution is 2.26. The van der Waals surface area contributed by atoms with E-state index in [0.717, 1.165) is 11.1 Å². The van der Waals surface area contributed by atoms with E-state index in [1.165, 1.54) is 0 Å². The van der Waals surface area contributed by atoms with Crippen molar-refractivity contribution in [1.29, 1.82) is 0 Å². The molecule has 1 aromatic carbocycles. The lowest BCUT2D eigenvalue weighted by Crippen LogP contribution is -2.27. The summed E-state index contributed by atoms with van der Waals surface area (Å²) in [7, 11) is 0. The first kappa shape index (κ1) is 10.1. The first-order chi connectivity index (χ1) is 5.97. The lowest BCUT2D eigenvalue weighted by Gasteiger charge is -2.23. The van der Waals surface area contributed by atoms with Crippen molar-refractivity contribution in [1.82, 2.24) is 0 Å². The summed E-state index contributed by atoms with van der Waals surface area (Å²) in [4.78, 5) is 0. The van der Waals surface area contributed by atoms with Crippen molar-refractivity contribution in [2.24, 2.45) is 5.73 Å². The average molecular weight is 179 g/mol. The third-order valence-electron chi connectivity index (χ3n) is 2.50. The molecule has 0 aliphatic heterocycles. The Kier molecular flexibility index (Phi) is 2.62. The fraction of sp³-hybridized carbons (Fsp3) is 0.455. The van der Waals surface area contributed by atoms with Gasteiger partial charge in [0.05, 0.1) is 0 Å². The number of nitrogens with two attached hydrogens (primary N) is 1. The molecule has 3 N–H and O–H groups in total. The molecule has 0 fully saturated rings. The molecule has 0 amide bonds. The molecule has 0 atom stereocenters. The summed E-state index contributed by atoms with van der Waals surface area (Å²) < 4.78 is 0. The lowest BCUT2D eigenvalue weighted by atomic mass is 9.84. The number of aryl methyl sites for hydroxylation is 1. The van der Waals surface area contributed by atoms with Crippen LogP contribution in [-0.4, -0.2) is 11.7 Å². The second kappa shape index (κ2) is 3.38. The van der Waals surface area contributed by atoms with Gasteiger partial charge in [0.1, 0.15) is 5.75 Å². The highest BCUT2D eigenvalue weighted by atomic mass is 16.3. The quantitative estimate of drug-likeness (QED) is 0.728. The van der Waals surface area contributed by atoms with Gasteiger partial charge in [-0.1, -0.05) is 26.0 Å². The van der Waals surface area contributed by atoms with Gasteiger partial charge in [-0.2, -0.15) is 0 Å². The molecule has 0 radical (unpaired) electrons. The maximum atomic E-state index is 9.52. The van der Waals surface area contributed by atoms with Crippen LogP contribution in [0.3, 0.4) is 0 Å². The van der Waals surface area contributed by atoms with Crippen LogP contribution in [-0.2, 0) is 5.41 Å². The van der Waals surface area contributed by atoms with Crippen LogP contribution in [0.1, 0.15) is 25.0 Å². The van der Waals surface area contributed by atoms with E-state index in [9.17, 15) is 5.11 Å². The number of rotatable bonds is 2. The number of aromatic hydroxyl groups is 1. The molecule has 72 valence electrons. The second-order valence-corrected chi connectivity index (χ2v) is 4.09. The zero-order valence-corrected chi connectivity index (χ0v) is 8.46. The number of hydrogen-bond donors (Lipinski definition) is 2. The van der Waals surface area contributed by atoms with Crippen LogP contribution in [0.15, 0.2) is 18.2 Å². The van der Waals surface area contributed by atoms with Crippen LogP contribution >= 0.6 is 0 Å². The van der Waals surface area contributed by atoms with Gasteiger partial charge in [-0.05, 0) is 24.1 Å². The minimum atomic E-state index is -0.0643. The molecule has 0 saturated carbocycles. The van der Waals surface area contributed by atoms with Crippen LogP contribution in [0.25, 0.3) is 0 Å². The predicted octanol–water partition coefficient (Wildman–Crippen LogP) is 1.94. The SMILES string of the molecule is Cc1ccc(C(C)(C)CN)cc1O. The zero-order valence-electron chi connectivity index (χ0n) is 8.46. The Bertz CT molecular complexity index is 305. The normalized spacial score (nSPS) is 11.7. The van der Waals surface area contributed by atoms with E-state index in [0.29, 0.717) is 12.3 Å². The Morgan fingerprint density at radius 3 is 2.46 bits per heavy atom. The Morgan fingerprint density at radius 1 is 1.38 bits per heavy atom. The largest absolute Gasteiger partial charge is 0.508 e. The van der Waals surface area contributed by atoms with Gasteiger partial charge >= 0.3 is 0 Å². The fourth-order valence-corrected chi connectivity index (χ4v) is 1.15. The molecule has 0 aliphatic carbocycles. The van der Waals surface area contributed by atoms with Crippen molar-refractivity contribution in [3.05, 3.63) is 29.3 Å². The summed E-state index contributed by atoms with van der Waals surface area (Å²) >= 11 is 0. The van der Waals surface area contributed by atoms with E-state index in [1.54, 1.807) is 6.07 Å². The maximum absolute atomic E-state index is 9.52. The van der Waals surface area contributed by atoms with Crippen molar-refractivity contribution in [2.75, 3.05) is 6.54 Å². The number of hydrogen-bond acceptors (Lipinski definition) is 2. The van der Waals surface area contributed by atoms with E-state index in [4.69, 9.17) is 5.73 Å². The summed E-state index contributed by atoms with van der Waals surface area (Å²) in [5, 5.41) is 9.52. The smallest absolute Gasteiger partial charge is 0.118 e. The first-order valence-electron chi connectivity index (χ1n) is 4.47. The zero-order chi connectivity index (χ0) is 10.1. The lowest BCUT2D eigenvalue weighted by molar-refractivity contribution is 0.464. The van der Waals surface area contributed by atoms with Gasteiger partial charge in [0.2, 0.25) is 0 Å². The topological polar surface area (TPSA) is 46.2 Å². The molecule has 0 unspecified atom stereocenters. The summed E-state index contributed by atoms with van der Waals surface area (Å²) in [6.07, 6.45) is 0. The highest BCUT2D eigenvalue weighted by molar-refractivity contribution is 5.38. The third kappa shape index (κ3) is 2.01. The average Bonchev–Trinajstić information content (AvgIpc) is 2.09. The Labute approximate surface area is 79.4 Å². The molecule has 0 aliphatic rings. The summed E-state index contributed by atoms with van der Waals surface area (Å²) in [6.45, 7) is 6.60. The number of phenols is 1. The minimum Gasteiger partial charge on any atom is -0.508 e. The van der Waals surface area contributed by atoms with Crippen molar-refractivity contribution < 1.29 is 5.11 Å². The monoisotopic (exact) mass is 179 g/mol. The van der Waals surface area contributed by atoms with Gasteiger partial charge in [-0.15, -0.1) is 0 Å². The predicted molar refractivity (Wildman–Crippen MR) is 54.9 cm³/mol. The van der Waals surface area contributed by atoms with Gasteiger partial charge in [0.15, 0.2) is 0 Å². The molecule has 0 heterocycles.